The Morgan fingerprint density at radius 2 is 2.12 bits per heavy atom. The van der Waals surface area contributed by atoms with Gasteiger partial charge in [0.25, 0.3) is 10.0 Å². The maximum absolute atomic E-state index is 12.1. The summed E-state index contributed by atoms with van der Waals surface area (Å²) in [7, 11) is -1.72. The minimum absolute atomic E-state index is 0.312. The number of hydrogen-bond acceptors (Lipinski definition) is 3. The summed E-state index contributed by atoms with van der Waals surface area (Å²) < 4.78 is 25.9. The predicted octanol–water partition coefficient (Wildman–Crippen LogP) is 2.76. The largest absolute Gasteiger partial charge is 0.252 e. The third kappa shape index (κ3) is 3.20. The van der Waals surface area contributed by atoms with Crippen molar-refractivity contribution in [2.75, 3.05) is 13.6 Å². The molecule has 0 spiro atoms. The van der Waals surface area contributed by atoms with Crippen LogP contribution < -0.4 is 0 Å². The Kier molecular flexibility index (Phi) is 4.79. The lowest BCUT2D eigenvalue weighted by Gasteiger charge is -2.17. The summed E-state index contributed by atoms with van der Waals surface area (Å²) in [4.78, 5) is 0. The van der Waals surface area contributed by atoms with Gasteiger partial charge in [0.05, 0.1) is 0 Å². The van der Waals surface area contributed by atoms with Crippen LogP contribution in [-0.4, -0.2) is 26.3 Å². The lowest BCUT2D eigenvalue weighted by atomic mass is 10.2. The van der Waals surface area contributed by atoms with Crippen molar-refractivity contribution in [3.63, 3.8) is 0 Å². The maximum atomic E-state index is 12.1. The van der Waals surface area contributed by atoms with E-state index in [1.165, 1.54) is 15.6 Å². The van der Waals surface area contributed by atoms with Crippen molar-refractivity contribution in [2.24, 2.45) is 5.92 Å². The van der Waals surface area contributed by atoms with Crippen LogP contribution in [0.25, 0.3) is 0 Å². The molecule has 3 nitrogen and oxygen atoms in total. The number of alkyl halides is 1. The quantitative estimate of drug-likeness (QED) is 0.778. The fourth-order valence-electron chi connectivity index (χ4n) is 1.32. The van der Waals surface area contributed by atoms with Crippen molar-refractivity contribution < 1.29 is 8.42 Å². The molecule has 1 aromatic heterocycles. The molecule has 1 rings (SSSR count). The highest BCUT2D eigenvalue weighted by Gasteiger charge is 2.23. The molecule has 0 bridgehead atoms. The fourth-order valence-corrected chi connectivity index (χ4v) is 4.32. The third-order valence-electron chi connectivity index (χ3n) is 2.07. The Balaban J connectivity index is 2.92. The highest BCUT2D eigenvalue weighted by Crippen LogP contribution is 2.24. The molecule has 0 aliphatic carbocycles. The second-order valence-corrected chi connectivity index (χ2v) is 7.54. The van der Waals surface area contributed by atoms with E-state index < -0.39 is 10.0 Å². The predicted molar refractivity (Wildman–Crippen MR) is 68.5 cm³/mol. The van der Waals surface area contributed by atoms with Crippen molar-refractivity contribution >= 4 is 33.0 Å². The second kappa shape index (κ2) is 5.49. The van der Waals surface area contributed by atoms with E-state index in [0.29, 0.717) is 22.6 Å². The van der Waals surface area contributed by atoms with E-state index in [2.05, 4.69) is 0 Å². The molecule has 1 aromatic rings. The molecule has 0 fully saturated rings. The van der Waals surface area contributed by atoms with Crippen LogP contribution >= 0.6 is 22.9 Å². The lowest BCUT2D eigenvalue weighted by Crippen LogP contribution is -2.29. The van der Waals surface area contributed by atoms with Crippen LogP contribution in [-0.2, 0) is 15.9 Å². The first-order valence-corrected chi connectivity index (χ1v) is 7.83. The molecule has 0 aliphatic heterocycles. The molecule has 0 amide bonds. The SMILES string of the molecule is CC(C)CN(C)S(=O)(=O)c1cc(CCl)cs1. The second-order valence-electron chi connectivity index (χ2n) is 4.09. The first kappa shape index (κ1) is 14.0. The number of nitrogens with zero attached hydrogens (tertiary/aromatic N) is 1. The zero-order chi connectivity index (χ0) is 12.3. The molecule has 1 heterocycles. The Labute approximate surface area is 106 Å². The van der Waals surface area contributed by atoms with Gasteiger partial charge in [0.1, 0.15) is 4.21 Å². The Hall–Kier alpha value is -0.100. The van der Waals surface area contributed by atoms with Crippen molar-refractivity contribution in [1.82, 2.24) is 4.31 Å². The number of rotatable bonds is 5. The van der Waals surface area contributed by atoms with E-state index >= 15 is 0 Å². The summed E-state index contributed by atoms with van der Waals surface area (Å²) in [6, 6.07) is 1.64. The van der Waals surface area contributed by atoms with Gasteiger partial charge in [-0.2, -0.15) is 4.31 Å². The maximum Gasteiger partial charge on any atom is 0.252 e. The molecule has 0 atom stereocenters. The minimum Gasteiger partial charge on any atom is -0.206 e. The van der Waals surface area contributed by atoms with Crippen LogP contribution in [0.4, 0.5) is 0 Å². The van der Waals surface area contributed by atoms with Crippen molar-refractivity contribution in [3.05, 3.63) is 17.0 Å². The van der Waals surface area contributed by atoms with Crippen LogP contribution in [0.3, 0.4) is 0 Å². The summed E-state index contributed by atoms with van der Waals surface area (Å²) in [5.74, 6) is 0.659. The van der Waals surface area contributed by atoms with Crippen LogP contribution in [0.1, 0.15) is 19.4 Å². The summed E-state index contributed by atoms with van der Waals surface area (Å²) in [5, 5.41) is 1.78. The highest BCUT2D eigenvalue weighted by molar-refractivity contribution is 7.91. The molecule has 0 saturated heterocycles. The van der Waals surface area contributed by atoms with Gasteiger partial charge in [-0.1, -0.05) is 13.8 Å². The van der Waals surface area contributed by atoms with E-state index in [1.54, 1.807) is 18.5 Å². The van der Waals surface area contributed by atoms with E-state index in [0.717, 1.165) is 5.56 Å². The molecule has 16 heavy (non-hydrogen) atoms. The minimum atomic E-state index is -3.33. The normalized spacial score (nSPS) is 12.6. The fraction of sp³-hybridized carbons (Fsp3) is 0.600. The van der Waals surface area contributed by atoms with E-state index in [4.69, 9.17) is 11.6 Å². The van der Waals surface area contributed by atoms with Crippen molar-refractivity contribution in [1.29, 1.82) is 0 Å². The highest BCUT2D eigenvalue weighted by atomic mass is 35.5. The summed E-state index contributed by atoms with van der Waals surface area (Å²) in [5.41, 5.74) is 0.850. The smallest absolute Gasteiger partial charge is 0.206 e. The molecule has 92 valence electrons. The summed E-state index contributed by atoms with van der Waals surface area (Å²) in [6.45, 7) is 4.51. The van der Waals surface area contributed by atoms with Gasteiger partial charge in [-0.15, -0.1) is 22.9 Å². The molecule has 0 N–H and O–H groups in total. The van der Waals surface area contributed by atoms with E-state index in [1.807, 2.05) is 13.8 Å². The number of thiophene rings is 1. The zero-order valence-corrected chi connectivity index (χ0v) is 12.0. The van der Waals surface area contributed by atoms with Gasteiger partial charge in [0.2, 0.25) is 0 Å². The van der Waals surface area contributed by atoms with Crippen LogP contribution in [0, 0.1) is 5.92 Å². The zero-order valence-electron chi connectivity index (χ0n) is 9.60. The first-order chi connectivity index (χ1) is 7.37. The third-order valence-corrected chi connectivity index (χ3v) is 5.67. The number of halogens is 1. The number of sulfonamides is 1. The van der Waals surface area contributed by atoms with E-state index in [9.17, 15) is 8.42 Å². The lowest BCUT2D eigenvalue weighted by molar-refractivity contribution is 0.418. The van der Waals surface area contributed by atoms with Gasteiger partial charge in [-0.3, -0.25) is 0 Å². The molecule has 6 heteroatoms. The number of hydrogen-bond donors (Lipinski definition) is 0. The monoisotopic (exact) mass is 281 g/mol. The van der Waals surface area contributed by atoms with Crippen molar-refractivity contribution in [2.45, 2.75) is 23.9 Å². The molecular weight excluding hydrogens is 266 g/mol. The van der Waals surface area contributed by atoms with Gasteiger partial charge in [0.15, 0.2) is 0 Å². The average Bonchev–Trinajstić information content (AvgIpc) is 2.65. The van der Waals surface area contributed by atoms with Crippen molar-refractivity contribution in [3.8, 4) is 0 Å². The van der Waals surface area contributed by atoms with E-state index in [-0.39, 0.29) is 0 Å². The molecular formula is C10H16ClNO2S2. The van der Waals surface area contributed by atoms with Crippen LogP contribution in [0.5, 0.6) is 0 Å². The Morgan fingerprint density at radius 1 is 1.50 bits per heavy atom. The molecule has 0 aromatic carbocycles. The summed E-state index contributed by atoms with van der Waals surface area (Å²) >= 11 is 6.87. The molecule has 0 unspecified atom stereocenters. The average molecular weight is 282 g/mol. The topological polar surface area (TPSA) is 37.4 Å². The molecule has 0 saturated carbocycles. The van der Waals surface area contributed by atoms with Gasteiger partial charge in [-0.25, -0.2) is 8.42 Å². The van der Waals surface area contributed by atoms with Gasteiger partial charge in [-0.05, 0) is 22.9 Å². The Bertz CT molecular complexity index is 439. The van der Waals surface area contributed by atoms with Gasteiger partial charge < -0.3 is 0 Å². The standard InChI is InChI=1S/C10H16ClNO2S2/c1-8(2)6-12(3)16(13,14)10-4-9(5-11)7-15-10/h4,7-8H,5-6H2,1-3H3. The first-order valence-electron chi connectivity index (χ1n) is 4.97. The van der Waals surface area contributed by atoms with Crippen LogP contribution in [0.2, 0.25) is 0 Å². The van der Waals surface area contributed by atoms with Gasteiger partial charge in [0, 0.05) is 19.5 Å². The van der Waals surface area contributed by atoms with Crippen LogP contribution in [0.15, 0.2) is 15.7 Å². The Morgan fingerprint density at radius 3 is 2.56 bits per heavy atom. The molecule has 0 aliphatic rings. The van der Waals surface area contributed by atoms with Gasteiger partial charge >= 0.3 is 0 Å². The summed E-state index contributed by atoms with van der Waals surface area (Å²) in [6.07, 6.45) is 0. The molecule has 0 radical (unpaired) electrons.